The molecule has 0 saturated carbocycles. The topological polar surface area (TPSA) is 99.2 Å². The van der Waals surface area contributed by atoms with Crippen molar-refractivity contribution >= 4 is 11.7 Å². The standard InChI is InChI=1S/C15H23N3O3/c1-2-3-8-18(9-10-19)14(20)11-12-4-6-13(7-5-12)15(16)17-21/h4-7,19,21H,2-3,8-11H2,1H3,(H2,16,17). The smallest absolute Gasteiger partial charge is 0.227 e. The van der Waals surface area contributed by atoms with Crippen LogP contribution in [-0.2, 0) is 11.2 Å². The van der Waals surface area contributed by atoms with Gasteiger partial charge in [-0.05, 0) is 12.0 Å². The fourth-order valence-electron chi connectivity index (χ4n) is 1.97. The van der Waals surface area contributed by atoms with Gasteiger partial charge < -0.3 is 20.9 Å². The minimum Gasteiger partial charge on any atom is -0.409 e. The number of aliphatic hydroxyl groups is 1. The van der Waals surface area contributed by atoms with Crippen molar-refractivity contribution in [2.75, 3.05) is 19.7 Å². The van der Waals surface area contributed by atoms with Crippen LogP contribution in [0.3, 0.4) is 0 Å². The predicted molar refractivity (Wildman–Crippen MR) is 81.2 cm³/mol. The molecule has 0 aliphatic heterocycles. The summed E-state index contributed by atoms with van der Waals surface area (Å²) < 4.78 is 0. The number of benzene rings is 1. The molecule has 0 aromatic heterocycles. The summed E-state index contributed by atoms with van der Waals surface area (Å²) >= 11 is 0. The van der Waals surface area contributed by atoms with E-state index in [4.69, 9.17) is 16.0 Å². The zero-order chi connectivity index (χ0) is 15.7. The molecule has 0 atom stereocenters. The normalized spacial score (nSPS) is 11.4. The molecular weight excluding hydrogens is 270 g/mol. The number of carbonyl (C=O) groups excluding carboxylic acids is 1. The summed E-state index contributed by atoms with van der Waals surface area (Å²) in [6, 6.07) is 6.98. The van der Waals surface area contributed by atoms with E-state index in [0.717, 1.165) is 18.4 Å². The molecule has 1 rings (SSSR count). The number of amides is 1. The third-order valence-corrected chi connectivity index (χ3v) is 3.22. The fraction of sp³-hybridized carbons (Fsp3) is 0.467. The highest BCUT2D eigenvalue weighted by atomic mass is 16.4. The van der Waals surface area contributed by atoms with Gasteiger partial charge in [-0.15, -0.1) is 0 Å². The first-order valence-electron chi connectivity index (χ1n) is 7.07. The van der Waals surface area contributed by atoms with Crippen LogP contribution in [0.4, 0.5) is 0 Å². The van der Waals surface area contributed by atoms with E-state index in [2.05, 4.69) is 12.1 Å². The van der Waals surface area contributed by atoms with Crippen LogP contribution < -0.4 is 5.73 Å². The summed E-state index contributed by atoms with van der Waals surface area (Å²) in [6.07, 6.45) is 2.21. The van der Waals surface area contributed by atoms with Crippen molar-refractivity contribution in [3.8, 4) is 0 Å². The van der Waals surface area contributed by atoms with Crippen molar-refractivity contribution in [1.82, 2.24) is 4.90 Å². The number of rotatable bonds is 8. The van der Waals surface area contributed by atoms with E-state index >= 15 is 0 Å². The fourth-order valence-corrected chi connectivity index (χ4v) is 1.97. The zero-order valence-electron chi connectivity index (χ0n) is 12.3. The molecule has 0 spiro atoms. The predicted octanol–water partition coefficient (Wildman–Crippen LogP) is 0.945. The van der Waals surface area contributed by atoms with Gasteiger partial charge in [0, 0.05) is 18.7 Å². The van der Waals surface area contributed by atoms with Crippen LogP contribution in [0.1, 0.15) is 30.9 Å². The van der Waals surface area contributed by atoms with Crippen molar-refractivity contribution in [3.63, 3.8) is 0 Å². The molecule has 1 aromatic carbocycles. The highest BCUT2D eigenvalue weighted by molar-refractivity contribution is 5.97. The van der Waals surface area contributed by atoms with Crippen molar-refractivity contribution in [1.29, 1.82) is 0 Å². The van der Waals surface area contributed by atoms with Crippen LogP contribution in [-0.4, -0.2) is 46.7 Å². The van der Waals surface area contributed by atoms with Gasteiger partial charge in [-0.2, -0.15) is 0 Å². The van der Waals surface area contributed by atoms with Gasteiger partial charge in [-0.25, -0.2) is 0 Å². The monoisotopic (exact) mass is 293 g/mol. The lowest BCUT2D eigenvalue weighted by Crippen LogP contribution is -2.35. The number of nitrogens with zero attached hydrogens (tertiary/aromatic N) is 2. The molecule has 1 aromatic rings. The minimum atomic E-state index is -0.0299. The van der Waals surface area contributed by atoms with Crippen molar-refractivity contribution in [2.45, 2.75) is 26.2 Å². The molecule has 0 aliphatic rings. The maximum absolute atomic E-state index is 12.2. The molecule has 0 bridgehead atoms. The molecule has 0 radical (unpaired) electrons. The van der Waals surface area contributed by atoms with E-state index in [1.807, 2.05) is 0 Å². The second-order valence-electron chi connectivity index (χ2n) is 4.82. The Hall–Kier alpha value is -2.08. The zero-order valence-corrected chi connectivity index (χ0v) is 12.3. The van der Waals surface area contributed by atoms with Gasteiger partial charge in [-0.3, -0.25) is 4.79 Å². The summed E-state index contributed by atoms with van der Waals surface area (Å²) in [4.78, 5) is 13.9. The lowest BCUT2D eigenvalue weighted by molar-refractivity contribution is -0.131. The highest BCUT2D eigenvalue weighted by Crippen LogP contribution is 2.07. The summed E-state index contributed by atoms with van der Waals surface area (Å²) in [6.45, 7) is 3.06. The molecule has 0 fully saturated rings. The van der Waals surface area contributed by atoms with E-state index in [1.165, 1.54) is 0 Å². The molecule has 21 heavy (non-hydrogen) atoms. The molecule has 6 heteroatoms. The number of hydrogen-bond acceptors (Lipinski definition) is 4. The van der Waals surface area contributed by atoms with Crippen LogP contribution >= 0.6 is 0 Å². The average Bonchev–Trinajstić information content (AvgIpc) is 2.51. The summed E-state index contributed by atoms with van der Waals surface area (Å²) in [5, 5.41) is 20.6. The Morgan fingerprint density at radius 3 is 2.48 bits per heavy atom. The van der Waals surface area contributed by atoms with E-state index in [0.29, 0.717) is 18.7 Å². The van der Waals surface area contributed by atoms with Crippen molar-refractivity contribution in [3.05, 3.63) is 35.4 Å². The molecule has 4 N–H and O–H groups in total. The first kappa shape index (κ1) is 17.0. The highest BCUT2D eigenvalue weighted by Gasteiger charge is 2.13. The maximum atomic E-state index is 12.2. The molecule has 116 valence electrons. The van der Waals surface area contributed by atoms with E-state index in [1.54, 1.807) is 29.2 Å². The van der Waals surface area contributed by atoms with E-state index < -0.39 is 0 Å². The Balaban J connectivity index is 2.67. The Kier molecular flexibility index (Phi) is 7.25. The third-order valence-electron chi connectivity index (χ3n) is 3.22. The number of aliphatic hydroxyl groups excluding tert-OH is 1. The minimum absolute atomic E-state index is 0.00551. The first-order chi connectivity index (χ1) is 10.1. The van der Waals surface area contributed by atoms with E-state index in [-0.39, 0.29) is 24.8 Å². The van der Waals surface area contributed by atoms with Gasteiger partial charge >= 0.3 is 0 Å². The van der Waals surface area contributed by atoms with Gasteiger partial charge in [0.1, 0.15) is 0 Å². The van der Waals surface area contributed by atoms with Crippen LogP contribution in [0.15, 0.2) is 29.4 Å². The molecule has 6 nitrogen and oxygen atoms in total. The van der Waals surface area contributed by atoms with Crippen molar-refractivity contribution in [2.24, 2.45) is 10.9 Å². The summed E-state index contributed by atoms with van der Waals surface area (Å²) in [7, 11) is 0. The quantitative estimate of drug-likeness (QED) is 0.287. The third kappa shape index (κ3) is 5.43. The lowest BCUT2D eigenvalue weighted by Gasteiger charge is -2.21. The van der Waals surface area contributed by atoms with Gasteiger partial charge in [0.2, 0.25) is 5.91 Å². The number of amidine groups is 1. The SMILES string of the molecule is CCCCN(CCO)C(=O)Cc1ccc(C(N)=NO)cc1. The number of oxime groups is 1. The average molecular weight is 293 g/mol. The van der Waals surface area contributed by atoms with Gasteiger partial charge in [-0.1, -0.05) is 42.8 Å². The Labute approximate surface area is 124 Å². The molecule has 0 unspecified atom stereocenters. The first-order valence-corrected chi connectivity index (χ1v) is 7.07. The second kappa shape index (κ2) is 8.97. The van der Waals surface area contributed by atoms with Gasteiger partial charge in [0.05, 0.1) is 13.0 Å². The number of nitrogens with two attached hydrogens (primary N) is 1. The summed E-state index contributed by atoms with van der Waals surface area (Å²) in [5.74, 6) is 0.0341. The van der Waals surface area contributed by atoms with Crippen LogP contribution in [0.2, 0.25) is 0 Å². The Morgan fingerprint density at radius 2 is 1.95 bits per heavy atom. The maximum Gasteiger partial charge on any atom is 0.227 e. The van der Waals surface area contributed by atoms with Crippen LogP contribution in [0.5, 0.6) is 0 Å². The second-order valence-corrected chi connectivity index (χ2v) is 4.82. The Morgan fingerprint density at radius 1 is 1.29 bits per heavy atom. The number of hydrogen-bond donors (Lipinski definition) is 3. The summed E-state index contributed by atoms with van der Waals surface area (Å²) in [5.41, 5.74) is 6.94. The molecular formula is C15H23N3O3. The molecule has 1 amide bonds. The number of unbranched alkanes of at least 4 members (excludes halogenated alkanes) is 1. The van der Waals surface area contributed by atoms with Gasteiger partial charge in [0.15, 0.2) is 5.84 Å². The Bertz CT molecular complexity index is 472. The number of carbonyl (C=O) groups is 1. The largest absolute Gasteiger partial charge is 0.409 e. The van der Waals surface area contributed by atoms with Crippen molar-refractivity contribution < 1.29 is 15.1 Å². The van der Waals surface area contributed by atoms with Crippen LogP contribution in [0, 0.1) is 0 Å². The molecule has 0 aliphatic carbocycles. The van der Waals surface area contributed by atoms with Gasteiger partial charge in [0.25, 0.3) is 0 Å². The van der Waals surface area contributed by atoms with Crippen LogP contribution in [0.25, 0.3) is 0 Å². The molecule has 0 saturated heterocycles. The molecule has 0 heterocycles. The lowest BCUT2D eigenvalue weighted by atomic mass is 10.1. The van der Waals surface area contributed by atoms with E-state index in [9.17, 15) is 4.79 Å².